The van der Waals surface area contributed by atoms with Gasteiger partial charge >= 0.3 is 0 Å². The fourth-order valence-corrected chi connectivity index (χ4v) is 5.21. The highest BCUT2D eigenvalue weighted by molar-refractivity contribution is 8.18. The number of imide groups is 1. The number of rotatable bonds is 5. The first-order valence-corrected chi connectivity index (χ1v) is 12.6. The Labute approximate surface area is 217 Å². The van der Waals surface area contributed by atoms with Gasteiger partial charge in [0.1, 0.15) is 11.6 Å². The van der Waals surface area contributed by atoms with E-state index in [2.05, 4.69) is 4.90 Å². The van der Waals surface area contributed by atoms with E-state index in [9.17, 15) is 23.2 Å². The van der Waals surface area contributed by atoms with Crippen LogP contribution in [0.25, 0.3) is 6.08 Å². The summed E-state index contributed by atoms with van der Waals surface area (Å²) < 4.78 is 26.7. The molecule has 37 heavy (non-hydrogen) atoms. The van der Waals surface area contributed by atoms with Crippen LogP contribution >= 0.6 is 11.8 Å². The van der Waals surface area contributed by atoms with Gasteiger partial charge in [-0.05, 0) is 77.5 Å². The number of carbonyl (C=O) groups is 3. The zero-order valence-corrected chi connectivity index (χ0v) is 20.6. The van der Waals surface area contributed by atoms with E-state index in [1.54, 1.807) is 53.4 Å². The highest BCUT2D eigenvalue weighted by Crippen LogP contribution is 2.33. The van der Waals surface area contributed by atoms with Gasteiger partial charge in [-0.3, -0.25) is 19.3 Å². The van der Waals surface area contributed by atoms with Gasteiger partial charge in [-0.15, -0.1) is 0 Å². The van der Waals surface area contributed by atoms with Crippen LogP contribution in [0.1, 0.15) is 21.5 Å². The standard InChI is InChI=1S/C28H23F2N3O3S/c29-22-7-9-24(10-8-22)31-11-13-32(14-12-31)26(34)21-5-1-3-19(15-21)17-25-27(35)33(28(36)37-25)18-20-4-2-6-23(30)16-20/h1-10,15-17H,11-14,18H2. The Morgan fingerprint density at radius 1 is 0.865 bits per heavy atom. The van der Waals surface area contributed by atoms with Crippen molar-refractivity contribution in [3.8, 4) is 0 Å². The summed E-state index contributed by atoms with van der Waals surface area (Å²) in [6.07, 6.45) is 1.60. The molecule has 0 atom stereocenters. The van der Waals surface area contributed by atoms with Crippen LogP contribution in [0, 0.1) is 11.6 Å². The number of hydrogen-bond acceptors (Lipinski definition) is 5. The second-order valence-corrected chi connectivity index (χ2v) is 9.77. The lowest BCUT2D eigenvalue weighted by atomic mass is 10.1. The highest BCUT2D eigenvalue weighted by Gasteiger charge is 2.35. The predicted octanol–water partition coefficient (Wildman–Crippen LogP) is 5.16. The maximum absolute atomic E-state index is 13.5. The molecule has 0 aliphatic carbocycles. The Bertz CT molecular complexity index is 1390. The first-order chi connectivity index (χ1) is 17.9. The number of benzene rings is 3. The van der Waals surface area contributed by atoms with Crippen LogP contribution in [0.5, 0.6) is 0 Å². The largest absolute Gasteiger partial charge is 0.368 e. The molecule has 0 radical (unpaired) electrons. The third-order valence-corrected chi connectivity index (χ3v) is 7.20. The van der Waals surface area contributed by atoms with Crippen LogP contribution in [0.2, 0.25) is 0 Å². The molecule has 3 amide bonds. The van der Waals surface area contributed by atoms with Crippen LogP contribution in [0.3, 0.4) is 0 Å². The third-order valence-electron chi connectivity index (χ3n) is 6.29. The molecule has 0 N–H and O–H groups in total. The molecule has 188 valence electrons. The number of nitrogens with zero attached hydrogens (tertiary/aromatic N) is 3. The molecule has 0 unspecified atom stereocenters. The Hall–Kier alpha value is -3.98. The predicted molar refractivity (Wildman–Crippen MR) is 139 cm³/mol. The van der Waals surface area contributed by atoms with Crippen molar-refractivity contribution in [3.63, 3.8) is 0 Å². The van der Waals surface area contributed by atoms with Crippen molar-refractivity contribution in [2.24, 2.45) is 0 Å². The Kier molecular flexibility index (Phi) is 7.05. The number of carbonyl (C=O) groups excluding carboxylic acids is 3. The van der Waals surface area contributed by atoms with E-state index in [4.69, 9.17) is 0 Å². The Morgan fingerprint density at radius 2 is 1.59 bits per heavy atom. The topological polar surface area (TPSA) is 60.9 Å². The molecule has 2 fully saturated rings. The first kappa shape index (κ1) is 24.7. The zero-order valence-electron chi connectivity index (χ0n) is 19.8. The van der Waals surface area contributed by atoms with Crippen molar-refractivity contribution in [2.75, 3.05) is 31.1 Å². The minimum absolute atomic E-state index is 0.0117. The maximum Gasteiger partial charge on any atom is 0.293 e. The van der Waals surface area contributed by atoms with E-state index < -0.39 is 17.0 Å². The SMILES string of the molecule is O=C(c1cccc(C=C2SC(=O)N(Cc3cccc(F)c3)C2=O)c1)N1CCN(c2ccc(F)cc2)CC1. The summed E-state index contributed by atoms with van der Waals surface area (Å²) in [5, 5.41) is -0.424. The van der Waals surface area contributed by atoms with E-state index in [1.807, 2.05) is 0 Å². The van der Waals surface area contributed by atoms with E-state index in [0.29, 0.717) is 42.9 Å². The molecular formula is C28H23F2N3O3S. The Morgan fingerprint density at radius 3 is 2.32 bits per heavy atom. The Balaban J connectivity index is 1.25. The number of thioether (sulfide) groups is 1. The molecule has 0 spiro atoms. The summed E-state index contributed by atoms with van der Waals surface area (Å²) in [6, 6.07) is 19.0. The lowest BCUT2D eigenvalue weighted by molar-refractivity contribution is -0.123. The molecule has 0 aromatic heterocycles. The average Bonchev–Trinajstić information content (AvgIpc) is 3.16. The fourth-order valence-electron chi connectivity index (χ4n) is 4.37. The minimum Gasteiger partial charge on any atom is -0.368 e. The molecule has 3 aromatic rings. The summed E-state index contributed by atoms with van der Waals surface area (Å²) in [5.74, 6) is -1.28. The minimum atomic E-state index is -0.451. The molecule has 2 heterocycles. The molecule has 9 heteroatoms. The fraction of sp³-hybridized carbons (Fsp3) is 0.179. The average molecular weight is 520 g/mol. The number of hydrogen-bond donors (Lipinski definition) is 0. The second-order valence-electron chi connectivity index (χ2n) is 8.78. The zero-order chi connectivity index (χ0) is 25.9. The van der Waals surface area contributed by atoms with Crippen molar-refractivity contribution in [2.45, 2.75) is 6.54 Å². The lowest BCUT2D eigenvalue weighted by Gasteiger charge is -2.36. The summed E-state index contributed by atoms with van der Waals surface area (Å²) in [5.41, 5.74) is 2.56. The number of amides is 3. The molecule has 2 aliphatic rings. The van der Waals surface area contributed by atoms with Gasteiger partial charge in [-0.25, -0.2) is 8.78 Å². The highest BCUT2D eigenvalue weighted by atomic mass is 32.2. The molecule has 2 saturated heterocycles. The number of halogens is 2. The van der Waals surface area contributed by atoms with Gasteiger partial charge in [0.2, 0.25) is 0 Å². The van der Waals surface area contributed by atoms with Crippen LogP contribution in [0.4, 0.5) is 19.3 Å². The first-order valence-electron chi connectivity index (χ1n) is 11.8. The lowest BCUT2D eigenvalue weighted by Crippen LogP contribution is -2.48. The molecule has 0 saturated carbocycles. The normalized spacial score (nSPS) is 17.1. The van der Waals surface area contributed by atoms with Gasteiger partial charge in [0.05, 0.1) is 11.4 Å². The third kappa shape index (κ3) is 5.56. The van der Waals surface area contributed by atoms with Gasteiger partial charge in [0.15, 0.2) is 0 Å². The van der Waals surface area contributed by atoms with Gasteiger partial charge in [-0.2, -0.15) is 0 Å². The molecule has 5 rings (SSSR count). The van der Waals surface area contributed by atoms with E-state index in [0.717, 1.165) is 22.3 Å². The van der Waals surface area contributed by atoms with Gasteiger partial charge in [0, 0.05) is 37.4 Å². The summed E-state index contributed by atoms with van der Waals surface area (Å²) >= 11 is 0.822. The van der Waals surface area contributed by atoms with Gasteiger partial charge < -0.3 is 9.80 Å². The molecular weight excluding hydrogens is 496 g/mol. The van der Waals surface area contributed by atoms with Crippen molar-refractivity contribution >= 4 is 40.6 Å². The van der Waals surface area contributed by atoms with E-state index >= 15 is 0 Å². The monoisotopic (exact) mass is 519 g/mol. The van der Waals surface area contributed by atoms with Gasteiger partial charge in [0.25, 0.3) is 17.1 Å². The molecule has 3 aromatic carbocycles. The maximum atomic E-state index is 13.5. The molecule has 2 aliphatic heterocycles. The van der Waals surface area contributed by atoms with Crippen molar-refractivity contribution < 1.29 is 23.2 Å². The van der Waals surface area contributed by atoms with Gasteiger partial charge in [-0.1, -0.05) is 24.3 Å². The van der Waals surface area contributed by atoms with E-state index in [-0.39, 0.29) is 23.2 Å². The number of piperazine rings is 1. The summed E-state index contributed by atoms with van der Waals surface area (Å²) in [4.78, 5) is 43.7. The van der Waals surface area contributed by atoms with Crippen LogP contribution in [-0.2, 0) is 11.3 Å². The van der Waals surface area contributed by atoms with Crippen LogP contribution in [-0.4, -0.2) is 53.0 Å². The molecule has 0 bridgehead atoms. The smallest absolute Gasteiger partial charge is 0.293 e. The molecule has 6 nitrogen and oxygen atoms in total. The number of anilines is 1. The van der Waals surface area contributed by atoms with Crippen molar-refractivity contribution in [1.82, 2.24) is 9.80 Å². The van der Waals surface area contributed by atoms with Crippen LogP contribution < -0.4 is 4.90 Å². The quantitative estimate of drug-likeness (QED) is 0.436. The van der Waals surface area contributed by atoms with E-state index in [1.165, 1.54) is 30.3 Å². The van der Waals surface area contributed by atoms with Crippen molar-refractivity contribution in [3.05, 3.63) is 106 Å². The summed E-state index contributed by atoms with van der Waals surface area (Å²) in [6.45, 7) is 2.31. The van der Waals surface area contributed by atoms with Crippen LogP contribution in [0.15, 0.2) is 77.7 Å². The van der Waals surface area contributed by atoms with Crippen molar-refractivity contribution in [1.29, 1.82) is 0 Å². The second kappa shape index (κ2) is 10.6. The summed E-state index contributed by atoms with van der Waals surface area (Å²) in [7, 11) is 0.